The fourth-order valence-electron chi connectivity index (χ4n) is 1.93. The van der Waals surface area contributed by atoms with E-state index in [0.29, 0.717) is 0 Å². The second kappa shape index (κ2) is 6.04. The van der Waals surface area contributed by atoms with E-state index in [1.807, 2.05) is 0 Å². The summed E-state index contributed by atoms with van der Waals surface area (Å²) in [5.74, 6) is -1.04. The summed E-state index contributed by atoms with van der Waals surface area (Å²) < 4.78 is 5.07. The first-order valence-electron chi connectivity index (χ1n) is 6.25. The number of ether oxygens (including phenoxy) is 1. The average molecular weight is 258 g/mol. The molecule has 1 heterocycles. The average Bonchev–Trinajstić information content (AvgIpc) is 2.24. The van der Waals surface area contributed by atoms with Crippen molar-refractivity contribution in [2.75, 3.05) is 6.54 Å². The number of carboxylic acids is 1. The van der Waals surface area contributed by atoms with Gasteiger partial charge in [0.1, 0.15) is 11.6 Å². The van der Waals surface area contributed by atoms with E-state index in [9.17, 15) is 9.59 Å². The zero-order chi connectivity index (χ0) is 13.8. The molecule has 1 rings (SSSR count). The minimum atomic E-state index is -1.04. The minimum absolute atomic E-state index is 0.233. The number of hydrogen-bond donors (Lipinski definition) is 3. The Labute approximate surface area is 107 Å². The predicted molar refractivity (Wildman–Crippen MR) is 66.4 cm³/mol. The van der Waals surface area contributed by atoms with Gasteiger partial charge >= 0.3 is 12.1 Å². The van der Waals surface area contributed by atoms with Crippen molar-refractivity contribution in [3.8, 4) is 0 Å². The molecule has 0 radical (unpaired) electrons. The third-order valence-electron chi connectivity index (χ3n) is 2.69. The molecule has 3 N–H and O–H groups in total. The fraction of sp³-hybridized carbons (Fsp3) is 0.833. The van der Waals surface area contributed by atoms with Crippen LogP contribution in [0.25, 0.3) is 0 Å². The Bertz CT molecular complexity index is 306. The first kappa shape index (κ1) is 14.8. The highest BCUT2D eigenvalue weighted by Gasteiger charge is 2.31. The molecular weight excluding hydrogens is 236 g/mol. The van der Waals surface area contributed by atoms with Crippen LogP contribution in [0.3, 0.4) is 0 Å². The van der Waals surface area contributed by atoms with Crippen LogP contribution >= 0.6 is 0 Å². The zero-order valence-corrected chi connectivity index (χ0v) is 11.2. The molecule has 0 spiro atoms. The van der Waals surface area contributed by atoms with Crippen molar-refractivity contribution in [1.29, 1.82) is 0 Å². The molecule has 2 atom stereocenters. The fourth-order valence-corrected chi connectivity index (χ4v) is 1.93. The normalized spacial score (nSPS) is 22.1. The summed E-state index contributed by atoms with van der Waals surface area (Å²) in [6.07, 6.45) is 2.06. The lowest BCUT2D eigenvalue weighted by Gasteiger charge is -2.30. The summed E-state index contributed by atoms with van der Waals surface area (Å²) in [5.41, 5.74) is -0.632. The van der Waals surface area contributed by atoms with E-state index in [1.165, 1.54) is 0 Å². The maximum Gasteiger partial charge on any atom is 0.408 e. The topological polar surface area (TPSA) is 87.7 Å². The van der Waals surface area contributed by atoms with E-state index in [1.54, 1.807) is 20.8 Å². The minimum Gasteiger partial charge on any atom is -0.480 e. The van der Waals surface area contributed by atoms with Gasteiger partial charge in [0.25, 0.3) is 0 Å². The number of rotatable bonds is 3. The van der Waals surface area contributed by atoms with Crippen LogP contribution in [-0.2, 0) is 9.53 Å². The Balaban J connectivity index is 2.57. The lowest BCUT2D eigenvalue weighted by molar-refractivity contribution is -0.140. The molecule has 1 aliphatic rings. The highest BCUT2D eigenvalue weighted by Crippen LogP contribution is 2.12. The van der Waals surface area contributed by atoms with Gasteiger partial charge in [-0.25, -0.2) is 9.59 Å². The predicted octanol–water partition coefficient (Wildman–Crippen LogP) is 1.11. The number of carbonyl (C=O) groups excluding carboxylic acids is 1. The van der Waals surface area contributed by atoms with Gasteiger partial charge in [-0.15, -0.1) is 0 Å². The van der Waals surface area contributed by atoms with Crippen molar-refractivity contribution in [3.63, 3.8) is 0 Å². The van der Waals surface area contributed by atoms with Crippen molar-refractivity contribution >= 4 is 12.1 Å². The third-order valence-corrected chi connectivity index (χ3v) is 2.69. The molecule has 0 aromatic heterocycles. The number of nitrogens with one attached hydrogen (secondary N) is 2. The van der Waals surface area contributed by atoms with E-state index >= 15 is 0 Å². The highest BCUT2D eigenvalue weighted by atomic mass is 16.6. The number of hydrogen-bond acceptors (Lipinski definition) is 4. The standard InChI is InChI=1S/C12H22N2O4/c1-12(2,3)18-11(17)14-9(10(15)16)8-6-4-5-7-13-8/h8-9,13H,4-7H2,1-3H3,(H,14,17)(H,15,16)/t8-,9+/m0/s1. The Morgan fingerprint density at radius 1 is 1.39 bits per heavy atom. The molecule has 18 heavy (non-hydrogen) atoms. The van der Waals surface area contributed by atoms with E-state index < -0.39 is 23.7 Å². The largest absolute Gasteiger partial charge is 0.480 e. The van der Waals surface area contributed by atoms with Gasteiger partial charge in [0.2, 0.25) is 0 Å². The molecule has 0 unspecified atom stereocenters. The second-order valence-corrected chi connectivity index (χ2v) is 5.52. The van der Waals surface area contributed by atoms with Gasteiger partial charge in [-0.2, -0.15) is 0 Å². The van der Waals surface area contributed by atoms with Crippen molar-refractivity contribution in [3.05, 3.63) is 0 Å². The van der Waals surface area contributed by atoms with E-state index in [4.69, 9.17) is 9.84 Å². The molecule has 0 aromatic carbocycles. The van der Waals surface area contributed by atoms with Crippen LogP contribution in [0.15, 0.2) is 0 Å². The van der Waals surface area contributed by atoms with Gasteiger partial charge in [0.05, 0.1) is 0 Å². The zero-order valence-electron chi connectivity index (χ0n) is 11.2. The van der Waals surface area contributed by atoms with Crippen molar-refractivity contribution in [2.24, 2.45) is 0 Å². The molecule has 1 aliphatic heterocycles. The molecule has 104 valence electrons. The maximum atomic E-state index is 11.6. The van der Waals surface area contributed by atoms with E-state index in [0.717, 1.165) is 25.8 Å². The SMILES string of the molecule is CC(C)(C)OC(=O)N[C@@H](C(=O)O)[C@@H]1CCCCN1. The van der Waals surface area contributed by atoms with Gasteiger partial charge in [0, 0.05) is 6.04 Å². The summed E-state index contributed by atoms with van der Waals surface area (Å²) in [6, 6.07) is -1.18. The number of aliphatic carboxylic acids is 1. The molecule has 0 saturated carbocycles. The Kier molecular flexibility index (Phi) is 4.95. The van der Waals surface area contributed by atoms with Gasteiger partial charge in [-0.3, -0.25) is 0 Å². The van der Waals surface area contributed by atoms with E-state index in [-0.39, 0.29) is 6.04 Å². The van der Waals surface area contributed by atoms with Gasteiger partial charge in [-0.05, 0) is 40.2 Å². The number of carboxylic acid groups (broad SMARTS) is 1. The summed E-state index contributed by atoms with van der Waals surface area (Å²) >= 11 is 0. The number of piperidine rings is 1. The number of amides is 1. The molecule has 1 saturated heterocycles. The maximum absolute atomic E-state index is 11.6. The molecular formula is C12H22N2O4. The summed E-state index contributed by atoms with van der Waals surface area (Å²) in [4.78, 5) is 22.8. The van der Waals surface area contributed by atoms with Crippen LogP contribution in [0.4, 0.5) is 4.79 Å². The van der Waals surface area contributed by atoms with Crippen LogP contribution < -0.4 is 10.6 Å². The van der Waals surface area contributed by atoms with E-state index in [2.05, 4.69) is 10.6 Å². The van der Waals surface area contributed by atoms with Gasteiger partial charge in [0.15, 0.2) is 0 Å². The lowest BCUT2D eigenvalue weighted by atomic mass is 9.98. The molecule has 1 fully saturated rings. The van der Waals surface area contributed by atoms with Gasteiger partial charge < -0.3 is 20.5 Å². The first-order valence-corrected chi connectivity index (χ1v) is 6.25. The van der Waals surface area contributed by atoms with Crippen molar-refractivity contribution < 1.29 is 19.4 Å². The van der Waals surface area contributed by atoms with Crippen LogP contribution in [-0.4, -0.2) is 41.4 Å². The van der Waals surface area contributed by atoms with Gasteiger partial charge in [-0.1, -0.05) is 6.42 Å². The molecule has 6 heteroatoms. The lowest BCUT2D eigenvalue weighted by Crippen LogP contribution is -2.56. The third kappa shape index (κ3) is 4.91. The Hall–Kier alpha value is -1.30. The van der Waals surface area contributed by atoms with Crippen molar-refractivity contribution in [1.82, 2.24) is 10.6 Å². The molecule has 0 aliphatic carbocycles. The molecule has 6 nitrogen and oxygen atoms in total. The quantitative estimate of drug-likeness (QED) is 0.705. The smallest absolute Gasteiger partial charge is 0.408 e. The Morgan fingerprint density at radius 2 is 2.06 bits per heavy atom. The summed E-state index contributed by atoms with van der Waals surface area (Å²) in [7, 11) is 0. The Morgan fingerprint density at radius 3 is 2.50 bits per heavy atom. The van der Waals surface area contributed by atoms with Crippen LogP contribution in [0.2, 0.25) is 0 Å². The molecule has 0 bridgehead atoms. The first-order chi connectivity index (χ1) is 8.29. The summed E-state index contributed by atoms with van der Waals surface area (Å²) in [6.45, 7) is 5.99. The van der Waals surface area contributed by atoms with Crippen LogP contribution in [0, 0.1) is 0 Å². The number of carbonyl (C=O) groups is 2. The second-order valence-electron chi connectivity index (χ2n) is 5.52. The monoisotopic (exact) mass is 258 g/mol. The summed E-state index contributed by atoms with van der Waals surface area (Å²) in [5, 5.41) is 14.7. The van der Waals surface area contributed by atoms with Crippen LogP contribution in [0.5, 0.6) is 0 Å². The van der Waals surface area contributed by atoms with Crippen molar-refractivity contribution in [2.45, 2.75) is 57.7 Å². The molecule has 1 amide bonds. The van der Waals surface area contributed by atoms with Crippen LogP contribution in [0.1, 0.15) is 40.0 Å². The highest BCUT2D eigenvalue weighted by molar-refractivity contribution is 5.80. The molecule has 0 aromatic rings. The number of alkyl carbamates (subject to hydrolysis) is 1.